The van der Waals surface area contributed by atoms with Crippen LogP contribution >= 0.6 is 0 Å². The van der Waals surface area contributed by atoms with Gasteiger partial charge in [0.05, 0.1) is 37.9 Å². The number of amides is 1. The zero-order valence-electron chi connectivity index (χ0n) is 19.1. The molecule has 1 saturated heterocycles. The van der Waals surface area contributed by atoms with Gasteiger partial charge in [0.2, 0.25) is 0 Å². The molecule has 2 heterocycles. The van der Waals surface area contributed by atoms with Gasteiger partial charge in [-0.3, -0.25) is 14.2 Å². The molecule has 1 amide bonds. The van der Waals surface area contributed by atoms with Crippen molar-refractivity contribution in [1.82, 2.24) is 9.88 Å². The van der Waals surface area contributed by atoms with Crippen molar-refractivity contribution in [2.45, 2.75) is 25.9 Å². The molecule has 1 aromatic heterocycles. The molecule has 33 heavy (non-hydrogen) atoms. The Bertz CT molecular complexity index is 1200. The fourth-order valence-electron chi connectivity index (χ4n) is 4.02. The summed E-state index contributed by atoms with van der Waals surface area (Å²) in [6.07, 6.45) is 3.48. The highest BCUT2D eigenvalue weighted by molar-refractivity contribution is 6.07. The first-order valence-electron chi connectivity index (χ1n) is 11.0. The fraction of sp³-hybridized carbons (Fsp3) is 0.360. The van der Waals surface area contributed by atoms with Crippen molar-refractivity contribution < 1.29 is 23.7 Å². The molecule has 0 radical (unpaired) electrons. The second-order valence-corrected chi connectivity index (χ2v) is 7.74. The third-order valence-electron chi connectivity index (χ3n) is 5.71. The predicted octanol–water partition coefficient (Wildman–Crippen LogP) is 3.32. The van der Waals surface area contributed by atoms with Crippen molar-refractivity contribution in [2.24, 2.45) is 0 Å². The first-order chi connectivity index (χ1) is 16.0. The van der Waals surface area contributed by atoms with E-state index in [-0.39, 0.29) is 17.6 Å². The van der Waals surface area contributed by atoms with E-state index < -0.39 is 0 Å². The fourth-order valence-corrected chi connectivity index (χ4v) is 4.02. The van der Waals surface area contributed by atoms with Gasteiger partial charge in [-0.1, -0.05) is 0 Å². The van der Waals surface area contributed by atoms with E-state index in [9.17, 15) is 9.59 Å². The number of fused-ring (bicyclic) bond motifs is 1. The van der Waals surface area contributed by atoms with E-state index in [0.29, 0.717) is 59.0 Å². The van der Waals surface area contributed by atoms with Crippen molar-refractivity contribution >= 4 is 16.7 Å². The first-order valence-corrected chi connectivity index (χ1v) is 11.0. The Morgan fingerprint density at radius 3 is 2.42 bits per heavy atom. The lowest BCUT2D eigenvalue weighted by Crippen LogP contribution is -2.33. The normalized spacial score (nSPS) is 15.4. The number of carbonyl (C=O) groups is 1. The smallest absolute Gasteiger partial charge is 0.263 e. The van der Waals surface area contributed by atoms with Gasteiger partial charge in [-0.2, -0.15) is 0 Å². The molecule has 0 unspecified atom stereocenters. The van der Waals surface area contributed by atoms with Crippen LogP contribution in [0.5, 0.6) is 17.2 Å². The summed E-state index contributed by atoms with van der Waals surface area (Å²) < 4.78 is 23.4. The molecule has 0 spiro atoms. The molecule has 4 rings (SSSR count). The lowest BCUT2D eigenvalue weighted by molar-refractivity contribution is 0.0858. The Morgan fingerprint density at radius 2 is 1.82 bits per heavy atom. The Morgan fingerprint density at radius 1 is 1.12 bits per heavy atom. The molecule has 8 nitrogen and oxygen atoms in total. The van der Waals surface area contributed by atoms with Gasteiger partial charge in [0, 0.05) is 30.4 Å². The van der Waals surface area contributed by atoms with Crippen molar-refractivity contribution in [3.8, 4) is 22.9 Å². The van der Waals surface area contributed by atoms with Crippen molar-refractivity contribution in [3.63, 3.8) is 0 Å². The number of aromatic nitrogens is 1. The highest BCUT2D eigenvalue weighted by Crippen LogP contribution is 2.32. The molecule has 0 saturated carbocycles. The van der Waals surface area contributed by atoms with Crippen LogP contribution in [0.15, 0.2) is 47.4 Å². The van der Waals surface area contributed by atoms with E-state index in [1.54, 1.807) is 42.6 Å². The minimum atomic E-state index is -0.289. The quantitative estimate of drug-likeness (QED) is 0.564. The molecule has 1 fully saturated rings. The Hall–Kier alpha value is -3.52. The van der Waals surface area contributed by atoms with Gasteiger partial charge in [-0.15, -0.1) is 0 Å². The van der Waals surface area contributed by atoms with Crippen LogP contribution in [-0.4, -0.2) is 50.6 Å². The van der Waals surface area contributed by atoms with Gasteiger partial charge in [-0.05, 0) is 56.2 Å². The second-order valence-electron chi connectivity index (χ2n) is 7.74. The van der Waals surface area contributed by atoms with Crippen LogP contribution in [0.1, 0.15) is 30.1 Å². The summed E-state index contributed by atoms with van der Waals surface area (Å²) in [6.45, 7) is 3.58. The molecule has 0 bridgehead atoms. The molecule has 1 aliphatic heterocycles. The lowest BCUT2D eigenvalue weighted by atomic mass is 10.0. The largest absolute Gasteiger partial charge is 0.494 e. The number of ether oxygens (including phenoxy) is 4. The summed E-state index contributed by atoms with van der Waals surface area (Å²) in [5.41, 5.74) is 0.705. The number of nitrogens with one attached hydrogen (secondary N) is 1. The van der Waals surface area contributed by atoms with E-state index in [1.165, 1.54) is 18.8 Å². The standard InChI is InChI=1S/C25H28N2O6/c1-4-32-17-9-7-16(8-10-17)27-15-21(24(28)26-14-18-6-5-11-33-18)19-12-22(30-2)23(31-3)13-20(19)25(27)29/h7-10,12-13,15,18H,4-6,11,14H2,1-3H3,(H,26,28)/t18-/m0/s1. The van der Waals surface area contributed by atoms with Crippen LogP contribution in [0, 0.1) is 0 Å². The zero-order valence-corrected chi connectivity index (χ0v) is 19.1. The summed E-state index contributed by atoms with van der Waals surface area (Å²) in [5.74, 6) is 1.27. The van der Waals surface area contributed by atoms with E-state index in [2.05, 4.69) is 5.32 Å². The number of carbonyl (C=O) groups excluding carboxylic acids is 1. The molecule has 1 N–H and O–H groups in total. The van der Waals surface area contributed by atoms with Crippen LogP contribution in [-0.2, 0) is 4.74 Å². The SMILES string of the molecule is CCOc1ccc(-n2cc(C(=O)NC[C@@H]3CCCO3)c3cc(OC)c(OC)cc3c2=O)cc1. The van der Waals surface area contributed by atoms with Crippen molar-refractivity contribution in [2.75, 3.05) is 34.0 Å². The average molecular weight is 453 g/mol. The van der Waals surface area contributed by atoms with Gasteiger partial charge in [-0.25, -0.2) is 0 Å². The Labute approximate surface area is 192 Å². The molecule has 2 aromatic carbocycles. The Kier molecular flexibility index (Phi) is 6.84. The summed E-state index contributed by atoms with van der Waals surface area (Å²) in [5, 5.41) is 3.80. The molecule has 8 heteroatoms. The summed E-state index contributed by atoms with van der Waals surface area (Å²) >= 11 is 0. The number of hydrogen-bond donors (Lipinski definition) is 1. The summed E-state index contributed by atoms with van der Waals surface area (Å²) in [6, 6.07) is 10.4. The zero-order chi connectivity index (χ0) is 23.4. The van der Waals surface area contributed by atoms with Crippen LogP contribution in [0.25, 0.3) is 16.5 Å². The second kappa shape index (κ2) is 9.95. The molecule has 174 valence electrons. The molecule has 1 atom stereocenters. The van der Waals surface area contributed by atoms with Crippen LogP contribution < -0.4 is 25.1 Å². The van der Waals surface area contributed by atoms with Crippen LogP contribution in [0.4, 0.5) is 0 Å². The third-order valence-corrected chi connectivity index (χ3v) is 5.71. The minimum absolute atomic E-state index is 0.00635. The number of methoxy groups -OCH3 is 2. The molecule has 3 aromatic rings. The van der Waals surface area contributed by atoms with Gasteiger partial charge < -0.3 is 24.3 Å². The molecular formula is C25H28N2O6. The van der Waals surface area contributed by atoms with E-state index in [1.807, 2.05) is 6.92 Å². The van der Waals surface area contributed by atoms with Gasteiger partial charge in [0.1, 0.15) is 5.75 Å². The maximum atomic E-state index is 13.4. The van der Waals surface area contributed by atoms with Gasteiger partial charge in [0.25, 0.3) is 11.5 Å². The summed E-state index contributed by atoms with van der Waals surface area (Å²) in [7, 11) is 3.02. The average Bonchev–Trinajstić information content (AvgIpc) is 3.36. The van der Waals surface area contributed by atoms with E-state index in [4.69, 9.17) is 18.9 Å². The maximum absolute atomic E-state index is 13.4. The predicted molar refractivity (Wildman–Crippen MR) is 125 cm³/mol. The first kappa shape index (κ1) is 22.7. The topological polar surface area (TPSA) is 88.0 Å². The lowest BCUT2D eigenvalue weighted by Gasteiger charge is -2.16. The van der Waals surface area contributed by atoms with Gasteiger partial charge in [0.15, 0.2) is 11.5 Å². The summed E-state index contributed by atoms with van der Waals surface area (Å²) in [4.78, 5) is 26.7. The number of rotatable bonds is 8. The highest BCUT2D eigenvalue weighted by atomic mass is 16.5. The Balaban J connectivity index is 1.83. The molecular weight excluding hydrogens is 424 g/mol. The number of pyridine rings is 1. The van der Waals surface area contributed by atoms with Crippen molar-refractivity contribution in [1.29, 1.82) is 0 Å². The van der Waals surface area contributed by atoms with Crippen molar-refractivity contribution in [3.05, 3.63) is 58.5 Å². The number of nitrogens with zero attached hydrogens (tertiary/aromatic N) is 1. The van der Waals surface area contributed by atoms with E-state index >= 15 is 0 Å². The highest BCUT2D eigenvalue weighted by Gasteiger charge is 2.21. The maximum Gasteiger partial charge on any atom is 0.263 e. The monoisotopic (exact) mass is 452 g/mol. The van der Waals surface area contributed by atoms with E-state index in [0.717, 1.165) is 12.8 Å². The molecule has 0 aliphatic carbocycles. The number of hydrogen-bond acceptors (Lipinski definition) is 6. The van der Waals surface area contributed by atoms with Crippen LogP contribution in [0.2, 0.25) is 0 Å². The van der Waals surface area contributed by atoms with Gasteiger partial charge >= 0.3 is 0 Å². The minimum Gasteiger partial charge on any atom is -0.494 e. The number of benzene rings is 2. The third kappa shape index (κ3) is 4.66. The molecule has 1 aliphatic rings. The van der Waals surface area contributed by atoms with Crippen LogP contribution in [0.3, 0.4) is 0 Å².